The maximum Gasteiger partial charge on any atom is 0.253 e. The van der Waals surface area contributed by atoms with E-state index >= 15 is 0 Å². The molecule has 1 atom stereocenters. The molecule has 3 heteroatoms. The van der Waals surface area contributed by atoms with Gasteiger partial charge >= 0.3 is 0 Å². The van der Waals surface area contributed by atoms with Gasteiger partial charge in [-0.05, 0) is 38.3 Å². The molecule has 1 aromatic rings. The minimum atomic E-state index is 0.129. The van der Waals surface area contributed by atoms with E-state index in [-0.39, 0.29) is 12.0 Å². The average Bonchev–Trinajstić information content (AvgIpc) is 2.45. The van der Waals surface area contributed by atoms with Gasteiger partial charge in [0.25, 0.3) is 5.91 Å². The molecule has 1 heterocycles. The van der Waals surface area contributed by atoms with Crippen molar-refractivity contribution in [3.05, 3.63) is 35.4 Å². The molecular weight excluding hydrogens is 238 g/mol. The molecule has 1 aliphatic rings. The number of amides is 1. The summed E-state index contributed by atoms with van der Waals surface area (Å²) in [5.41, 5.74) is 1.96. The van der Waals surface area contributed by atoms with E-state index in [0.717, 1.165) is 44.5 Å². The number of piperidine rings is 1. The third kappa shape index (κ3) is 3.80. The molecule has 1 aromatic carbocycles. The number of carbonyl (C=O) groups excluding carboxylic acids is 1. The molecule has 2 rings (SSSR count). The van der Waals surface area contributed by atoms with Crippen LogP contribution < -0.4 is 0 Å². The van der Waals surface area contributed by atoms with Crippen LogP contribution in [0.5, 0.6) is 0 Å². The van der Waals surface area contributed by atoms with Crippen LogP contribution in [0.25, 0.3) is 0 Å². The fourth-order valence-electron chi connectivity index (χ4n) is 2.42. The van der Waals surface area contributed by atoms with Crippen LogP contribution >= 0.6 is 0 Å². The highest BCUT2D eigenvalue weighted by Gasteiger charge is 2.24. The van der Waals surface area contributed by atoms with Gasteiger partial charge in [0.2, 0.25) is 0 Å². The van der Waals surface area contributed by atoms with Gasteiger partial charge in [-0.25, -0.2) is 0 Å². The van der Waals surface area contributed by atoms with Crippen molar-refractivity contribution in [1.82, 2.24) is 4.90 Å². The van der Waals surface area contributed by atoms with Crippen LogP contribution in [0.3, 0.4) is 0 Å². The smallest absolute Gasteiger partial charge is 0.253 e. The van der Waals surface area contributed by atoms with Crippen LogP contribution in [0.15, 0.2) is 24.3 Å². The first-order valence-electron chi connectivity index (χ1n) is 7.18. The molecule has 0 bridgehead atoms. The average molecular weight is 261 g/mol. The molecule has 19 heavy (non-hydrogen) atoms. The number of hydrogen-bond donors (Lipinski definition) is 0. The lowest BCUT2D eigenvalue weighted by atomic mass is 10.1. The molecule has 0 aromatic heterocycles. The molecule has 1 aliphatic heterocycles. The van der Waals surface area contributed by atoms with Gasteiger partial charge in [-0.15, -0.1) is 0 Å². The first-order chi connectivity index (χ1) is 9.20. The summed E-state index contributed by atoms with van der Waals surface area (Å²) in [5.74, 6) is 0.129. The topological polar surface area (TPSA) is 29.5 Å². The molecule has 1 saturated heterocycles. The normalized spacial score (nSPS) is 19.5. The molecule has 1 unspecified atom stereocenters. The van der Waals surface area contributed by atoms with E-state index in [2.05, 4.69) is 6.92 Å². The van der Waals surface area contributed by atoms with Gasteiger partial charge in [0.15, 0.2) is 0 Å². The van der Waals surface area contributed by atoms with Crippen LogP contribution in [-0.2, 0) is 4.74 Å². The van der Waals surface area contributed by atoms with E-state index in [0.29, 0.717) is 0 Å². The molecular formula is C16H23NO2. The number of likely N-dealkylation sites (tertiary alicyclic amines) is 1. The standard InChI is InChI=1S/C16H23NO2/c1-3-11-19-15-5-4-10-17(12-15)16(18)14-8-6-13(2)7-9-14/h6-9,15H,3-5,10-12H2,1-2H3. The number of carbonyl (C=O) groups is 1. The van der Waals surface area contributed by atoms with Crippen LogP contribution in [0.2, 0.25) is 0 Å². The first kappa shape index (κ1) is 14.1. The Morgan fingerprint density at radius 3 is 2.79 bits per heavy atom. The van der Waals surface area contributed by atoms with Gasteiger partial charge in [-0.3, -0.25) is 4.79 Å². The summed E-state index contributed by atoms with van der Waals surface area (Å²) in [6.45, 7) is 6.50. The van der Waals surface area contributed by atoms with Crippen molar-refractivity contribution in [3.8, 4) is 0 Å². The second-order valence-corrected chi connectivity index (χ2v) is 5.25. The molecule has 0 saturated carbocycles. The summed E-state index contributed by atoms with van der Waals surface area (Å²) in [7, 11) is 0. The van der Waals surface area contributed by atoms with E-state index in [1.165, 1.54) is 5.56 Å². The van der Waals surface area contributed by atoms with Crippen LogP contribution in [-0.4, -0.2) is 36.6 Å². The Morgan fingerprint density at radius 1 is 1.37 bits per heavy atom. The first-order valence-corrected chi connectivity index (χ1v) is 7.18. The lowest BCUT2D eigenvalue weighted by Gasteiger charge is -2.32. The highest BCUT2D eigenvalue weighted by atomic mass is 16.5. The molecule has 3 nitrogen and oxygen atoms in total. The van der Waals surface area contributed by atoms with Crippen molar-refractivity contribution in [2.45, 2.75) is 39.2 Å². The molecule has 1 amide bonds. The Morgan fingerprint density at radius 2 is 2.11 bits per heavy atom. The Labute approximate surface area is 115 Å². The van der Waals surface area contributed by atoms with E-state index in [1.54, 1.807) is 0 Å². The Balaban J connectivity index is 1.96. The van der Waals surface area contributed by atoms with Crippen LogP contribution in [0, 0.1) is 6.92 Å². The van der Waals surface area contributed by atoms with E-state index in [4.69, 9.17) is 4.74 Å². The summed E-state index contributed by atoms with van der Waals surface area (Å²) < 4.78 is 5.77. The zero-order valence-corrected chi connectivity index (χ0v) is 11.9. The number of rotatable bonds is 4. The summed E-state index contributed by atoms with van der Waals surface area (Å²) in [4.78, 5) is 14.3. The second kappa shape index (κ2) is 6.71. The van der Waals surface area contributed by atoms with Gasteiger partial charge in [0, 0.05) is 25.3 Å². The summed E-state index contributed by atoms with van der Waals surface area (Å²) in [5, 5.41) is 0. The number of nitrogens with zero attached hydrogens (tertiary/aromatic N) is 1. The fraction of sp³-hybridized carbons (Fsp3) is 0.562. The Bertz CT molecular complexity index is 413. The molecule has 0 radical (unpaired) electrons. The van der Waals surface area contributed by atoms with Crippen molar-refractivity contribution >= 4 is 5.91 Å². The minimum Gasteiger partial charge on any atom is -0.376 e. The highest BCUT2D eigenvalue weighted by molar-refractivity contribution is 5.94. The fourth-order valence-corrected chi connectivity index (χ4v) is 2.42. The monoisotopic (exact) mass is 261 g/mol. The van der Waals surface area contributed by atoms with Crippen molar-refractivity contribution in [3.63, 3.8) is 0 Å². The molecule has 0 N–H and O–H groups in total. The Hall–Kier alpha value is -1.35. The van der Waals surface area contributed by atoms with Crippen molar-refractivity contribution in [2.75, 3.05) is 19.7 Å². The predicted octanol–water partition coefficient (Wildman–Crippen LogP) is 3.03. The number of benzene rings is 1. The third-order valence-electron chi connectivity index (χ3n) is 3.52. The largest absolute Gasteiger partial charge is 0.376 e. The minimum absolute atomic E-state index is 0.129. The van der Waals surface area contributed by atoms with Crippen LogP contribution in [0.4, 0.5) is 0 Å². The zero-order chi connectivity index (χ0) is 13.7. The van der Waals surface area contributed by atoms with Gasteiger partial charge in [0.05, 0.1) is 6.10 Å². The molecule has 104 valence electrons. The second-order valence-electron chi connectivity index (χ2n) is 5.25. The quantitative estimate of drug-likeness (QED) is 0.833. The van der Waals surface area contributed by atoms with Crippen LogP contribution in [0.1, 0.15) is 42.1 Å². The van der Waals surface area contributed by atoms with E-state index < -0.39 is 0 Å². The lowest BCUT2D eigenvalue weighted by molar-refractivity contribution is 0.00211. The summed E-state index contributed by atoms with van der Waals surface area (Å²) in [6, 6.07) is 7.80. The van der Waals surface area contributed by atoms with Gasteiger partial charge in [0.1, 0.15) is 0 Å². The highest BCUT2D eigenvalue weighted by Crippen LogP contribution is 2.16. The van der Waals surface area contributed by atoms with Crippen molar-refractivity contribution in [2.24, 2.45) is 0 Å². The maximum atomic E-state index is 12.4. The lowest BCUT2D eigenvalue weighted by Crippen LogP contribution is -2.43. The van der Waals surface area contributed by atoms with Crippen molar-refractivity contribution < 1.29 is 9.53 Å². The predicted molar refractivity (Wildman–Crippen MR) is 76.3 cm³/mol. The number of aryl methyl sites for hydroxylation is 1. The Kier molecular flexibility index (Phi) is 4.97. The van der Waals surface area contributed by atoms with E-state index in [9.17, 15) is 4.79 Å². The molecule has 0 spiro atoms. The summed E-state index contributed by atoms with van der Waals surface area (Å²) >= 11 is 0. The van der Waals surface area contributed by atoms with E-state index in [1.807, 2.05) is 36.1 Å². The number of ether oxygens (including phenoxy) is 1. The van der Waals surface area contributed by atoms with Crippen molar-refractivity contribution in [1.29, 1.82) is 0 Å². The zero-order valence-electron chi connectivity index (χ0n) is 11.9. The third-order valence-corrected chi connectivity index (χ3v) is 3.52. The van der Waals surface area contributed by atoms with Gasteiger partial charge in [-0.1, -0.05) is 24.6 Å². The molecule has 1 fully saturated rings. The number of hydrogen-bond acceptors (Lipinski definition) is 2. The van der Waals surface area contributed by atoms with Gasteiger partial charge in [-0.2, -0.15) is 0 Å². The maximum absolute atomic E-state index is 12.4. The SMILES string of the molecule is CCCOC1CCCN(C(=O)c2ccc(C)cc2)C1. The summed E-state index contributed by atoms with van der Waals surface area (Å²) in [6.07, 6.45) is 3.34. The van der Waals surface area contributed by atoms with Gasteiger partial charge < -0.3 is 9.64 Å². The molecule has 0 aliphatic carbocycles.